The van der Waals surface area contributed by atoms with Crippen LogP contribution in [0.4, 0.5) is 0 Å². The van der Waals surface area contributed by atoms with Crippen molar-refractivity contribution in [3.8, 4) is 0 Å². The third kappa shape index (κ3) is 3.05. The quantitative estimate of drug-likeness (QED) is 0.614. The van der Waals surface area contributed by atoms with Gasteiger partial charge >= 0.3 is 5.97 Å². The minimum Gasteiger partial charge on any atom is -0.465 e. The highest BCUT2D eigenvalue weighted by Gasteiger charge is 2.16. The maximum atomic E-state index is 11.5. The maximum absolute atomic E-state index is 11.5. The lowest BCUT2D eigenvalue weighted by Gasteiger charge is -2.12. The summed E-state index contributed by atoms with van der Waals surface area (Å²) >= 11 is 6.93. The second-order valence-corrected chi connectivity index (χ2v) is 5.12. The molecule has 1 aromatic carbocycles. The van der Waals surface area contributed by atoms with Gasteiger partial charge in [0.1, 0.15) is 0 Å². The zero-order valence-electron chi connectivity index (χ0n) is 8.59. The van der Waals surface area contributed by atoms with Crippen LogP contribution in [0.5, 0.6) is 0 Å². The van der Waals surface area contributed by atoms with Crippen LogP contribution in [0.1, 0.15) is 34.1 Å². The van der Waals surface area contributed by atoms with Crippen LogP contribution in [-0.2, 0) is 4.74 Å². The first kappa shape index (κ1) is 12.7. The fraction of sp³-hybridized carbons (Fsp3) is 0.364. The van der Waals surface area contributed by atoms with Crippen molar-refractivity contribution in [1.29, 1.82) is 0 Å². The van der Waals surface area contributed by atoms with E-state index in [1.165, 1.54) is 7.11 Å². The van der Waals surface area contributed by atoms with E-state index >= 15 is 0 Å². The monoisotopic (exact) mass is 334 g/mol. The number of esters is 1. The fourth-order valence-corrected chi connectivity index (χ4v) is 2.07. The fourth-order valence-electron chi connectivity index (χ4n) is 1.31. The van der Waals surface area contributed by atoms with Crippen molar-refractivity contribution in [3.63, 3.8) is 0 Å². The van der Waals surface area contributed by atoms with Gasteiger partial charge in [-0.3, -0.25) is 0 Å². The molecule has 82 valence electrons. The van der Waals surface area contributed by atoms with E-state index in [0.29, 0.717) is 5.56 Å². The van der Waals surface area contributed by atoms with Crippen molar-refractivity contribution in [2.24, 2.45) is 0 Å². The van der Waals surface area contributed by atoms with Gasteiger partial charge in [-0.1, -0.05) is 38.8 Å². The molecule has 0 aliphatic carbocycles. The van der Waals surface area contributed by atoms with Gasteiger partial charge in [-0.25, -0.2) is 4.79 Å². The molecule has 0 N–H and O–H groups in total. The number of hydrogen-bond acceptors (Lipinski definition) is 2. The molecular weight excluding hydrogens is 324 g/mol. The average molecular weight is 336 g/mol. The summed E-state index contributed by atoms with van der Waals surface area (Å²) in [4.78, 5) is 11.7. The maximum Gasteiger partial charge on any atom is 0.338 e. The normalized spacial score (nSPS) is 12.3. The summed E-state index contributed by atoms with van der Waals surface area (Å²) in [5, 5.41) is 0. The van der Waals surface area contributed by atoms with Crippen molar-refractivity contribution < 1.29 is 9.53 Å². The molecule has 1 atom stereocenters. The molecule has 0 aliphatic rings. The second-order valence-electron chi connectivity index (χ2n) is 3.10. The van der Waals surface area contributed by atoms with Gasteiger partial charge in [0, 0.05) is 9.30 Å². The van der Waals surface area contributed by atoms with E-state index in [-0.39, 0.29) is 10.8 Å². The molecule has 0 fully saturated rings. The van der Waals surface area contributed by atoms with E-state index in [4.69, 9.17) is 4.74 Å². The van der Waals surface area contributed by atoms with Gasteiger partial charge in [-0.2, -0.15) is 0 Å². The van der Waals surface area contributed by atoms with Crippen molar-refractivity contribution in [3.05, 3.63) is 33.8 Å². The average Bonchev–Trinajstić information content (AvgIpc) is 2.26. The van der Waals surface area contributed by atoms with Crippen LogP contribution in [-0.4, -0.2) is 13.1 Å². The van der Waals surface area contributed by atoms with Crippen LogP contribution >= 0.6 is 31.9 Å². The Hall–Kier alpha value is -0.350. The van der Waals surface area contributed by atoms with Gasteiger partial charge in [0.15, 0.2) is 0 Å². The molecule has 0 radical (unpaired) electrons. The van der Waals surface area contributed by atoms with Crippen LogP contribution in [0, 0.1) is 0 Å². The van der Waals surface area contributed by atoms with Crippen LogP contribution in [0.2, 0.25) is 0 Å². The Labute approximate surface area is 106 Å². The number of benzene rings is 1. The molecule has 0 saturated heterocycles. The Balaban J connectivity index is 3.20. The highest BCUT2D eigenvalue weighted by Crippen LogP contribution is 2.31. The highest BCUT2D eigenvalue weighted by atomic mass is 79.9. The molecule has 1 unspecified atom stereocenters. The van der Waals surface area contributed by atoms with E-state index in [9.17, 15) is 4.79 Å². The number of alkyl halides is 1. The minimum atomic E-state index is -0.296. The standard InChI is InChI=1S/C11H12Br2O2/c1-3-10(13)9-6-7(12)4-5-8(9)11(14)15-2/h4-6,10H,3H2,1-2H3. The smallest absolute Gasteiger partial charge is 0.338 e. The lowest BCUT2D eigenvalue weighted by Crippen LogP contribution is -2.06. The minimum absolute atomic E-state index is 0.170. The number of ether oxygens (including phenoxy) is 1. The third-order valence-electron chi connectivity index (χ3n) is 2.11. The Morgan fingerprint density at radius 1 is 1.53 bits per heavy atom. The number of rotatable bonds is 3. The first-order chi connectivity index (χ1) is 7.10. The van der Waals surface area contributed by atoms with Crippen molar-refractivity contribution in [2.75, 3.05) is 7.11 Å². The molecule has 15 heavy (non-hydrogen) atoms. The van der Waals surface area contributed by atoms with Crippen molar-refractivity contribution >= 4 is 37.8 Å². The molecule has 0 bridgehead atoms. The van der Waals surface area contributed by atoms with E-state index in [1.54, 1.807) is 6.07 Å². The summed E-state index contributed by atoms with van der Waals surface area (Å²) < 4.78 is 5.70. The highest BCUT2D eigenvalue weighted by molar-refractivity contribution is 9.10. The van der Waals surface area contributed by atoms with Gasteiger partial charge < -0.3 is 4.74 Å². The van der Waals surface area contributed by atoms with Crippen molar-refractivity contribution in [1.82, 2.24) is 0 Å². The molecule has 0 aliphatic heterocycles. The first-order valence-electron chi connectivity index (χ1n) is 4.62. The number of carbonyl (C=O) groups is 1. The van der Waals surface area contributed by atoms with Gasteiger partial charge in [-0.05, 0) is 30.2 Å². The Morgan fingerprint density at radius 3 is 2.73 bits per heavy atom. The lowest BCUT2D eigenvalue weighted by molar-refractivity contribution is 0.0599. The Bertz CT molecular complexity index is 364. The SMILES string of the molecule is CCC(Br)c1cc(Br)ccc1C(=O)OC. The Kier molecular flexibility index (Phi) is 4.80. The molecule has 0 heterocycles. The molecule has 4 heteroatoms. The zero-order chi connectivity index (χ0) is 11.4. The number of hydrogen-bond donors (Lipinski definition) is 0. The van der Waals surface area contributed by atoms with E-state index in [1.807, 2.05) is 12.1 Å². The first-order valence-corrected chi connectivity index (χ1v) is 6.32. The van der Waals surface area contributed by atoms with Crippen LogP contribution < -0.4 is 0 Å². The summed E-state index contributed by atoms with van der Waals surface area (Å²) in [6.45, 7) is 2.06. The van der Waals surface area contributed by atoms with Crippen LogP contribution in [0.25, 0.3) is 0 Å². The second kappa shape index (κ2) is 5.66. The molecule has 1 rings (SSSR count). The zero-order valence-corrected chi connectivity index (χ0v) is 11.8. The largest absolute Gasteiger partial charge is 0.465 e. The Morgan fingerprint density at radius 2 is 2.20 bits per heavy atom. The number of methoxy groups -OCH3 is 1. The summed E-state index contributed by atoms with van der Waals surface area (Å²) in [5.74, 6) is -0.296. The van der Waals surface area contributed by atoms with Crippen LogP contribution in [0.15, 0.2) is 22.7 Å². The summed E-state index contributed by atoms with van der Waals surface area (Å²) in [7, 11) is 1.39. The summed E-state index contributed by atoms with van der Waals surface area (Å²) in [5.41, 5.74) is 1.57. The number of halogens is 2. The number of carbonyl (C=O) groups excluding carboxylic acids is 1. The molecule has 0 spiro atoms. The van der Waals surface area contributed by atoms with Gasteiger partial charge in [-0.15, -0.1) is 0 Å². The van der Waals surface area contributed by atoms with Crippen LogP contribution in [0.3, 0.4) is 0 Å². The molecular formula is C11H12Br2O2. The van der Waals surface area contributed by atoms with E-state index in [2.05, 4.69) is 38.8 Å². The predicted octanol–water partition coefficient (Wildman–Crippen LogP) is 4.08. The molecule has 0 saturated carbocycles. The third-order valence-corrected chi connectivity index (χ3v) is 3.75. The molecule has 1 aromatic rings. The molecule has 2 nitrogen and oxygen atoms in total. The lowest BCUT2D eigenvalue weighted by atomic mass is 10.0. The summed E-state index contributed by atoms with van der Waals surface area (Å²) in [6.07, 6.45) is 0.917. The predicted molar refractivity (Wildman–Crippen MR) is 67.4 cm³/mol. The topological polar surface area (TPSA) is 26.3 Å². The van der Waals surface area contributed by atoms with E-state index < -0.39 is 0 Å². The van der Waals surface area contributed by atoms with Gasteiger partial charge in [0.2, 0.25) is 0 Å². The molecule has 0 aromatic heterocycles. The van der Waals surface area contributed by atoms with Crippen molar-refractivity contribution in [2.45, 2.75) is 18.2 Å². The van der Waals surface area contributed by atoms with Gasteiger partial charge in [0.25, 0.3) is 0 Å². The van der Waals surface area contributed by atoms with E-state index in [0.717, 1.165) is 16.5 Å². The summed E-state index contributed by atoms with van der Waals surface area (Å²) in [6, 6.07) is 5.55. The van der Waals surface area contributed by atoms with Gasteiger partial charge in [0.05, 0.1) is 12.7 Å². The molecule has 0 amide bonds.